The van der Waals surface area contributed by atoms with Crippen molar-refractivity contribution in [3.63, 3.8) is 0 Å². The fraction of sp³-hybridized carbons (Fsp3) is 0.467. The first-order valence-electron chi connectivity index (χ1n) is 6.53. The molecule has 0 saturated carbocycles. The third-order valence-corrected chi connectivity index (χ3v) is 3.19. The highest BCUT2D eigenvalue weighted by Gasteiger charge is 2.41. The topological polar surface area (TPSA) is 58.2 Å². The Balaban J connectivity index is 2.21. The second-order valence-electron chi connectivity index (χ2n) is 5.98. The third kappa shape index (κ3) is 3.13. The SMILES string of the molecule is CC(C)(C)NC(=O)[C@H]1C(=O)NC[C@@H]1c1ccccc1. The molecule has 1 fully saturated rings. The number of hydrogen-bond donors (Lipinski definition) is 2. The molecule has 0 bridgehead atoms. The number of hydrogen-bond acceptors (Lipinski definition) is 2. The van der Waals surface area contributed by atoms with Gasteiger partial charge >= 0.3 is 0 Å². The van der Waals surface area contributed by atoms with Crippen molar-refractivity contribution in [3.8, 4) is 0 Å². The molecule has 1 aliphatic rings. The molecule has 2 rings (SSSR count). The first kappa shape index (κ1) is 13.6. The van der Waals surface area contributed by atoms with Crippen LogP contribution in [-0.2, 0) is 9.59 Å². The van der Waals surface area contributed by atoms with Crippen LogP contribution in [0.3, 0.4) is 0 Å². The van der Waals surface area contributed by atoms with Crippen LogP contribution in [0.5, 0.6) is 0 Å². The predicted molar refractivity (Wildman–Crippen MR) is 73.6 cm³/mol. The van der Waals surface area contributed by atoms with Gasteiger partial charge in [-0.15, -0.1) is 0 Å². The minimum absolute atomic E-state index is 0.0870. The summed E-state index contributed by atoms with van der Waals surface area (Å²) in [7, 11) is 0. The van der Waals surface area contributed by atoms with E-state index in [0.29, 0.717) is 6.54 Å². The second kappa shape index (κ2) is 5.03. The molecular weight excluding hydrogens is 240 g/mol. The summed E-state index contributed by atoms with van der Waals surface area (Å²) in [6.07, 6.45) is 0. The number of carbonyl (C=O) groups is 2. The molecule has 1 aromatic carbocycles. The zero-order valence-corrected chi connectivity index (χ0v) is 11.6. The number of amides is 2. The average molecular weight is 260 g/mol. The molecule has 1 aliphatic heterocycles. The highest BCUT2D eigenvalue weighted by atomic mass is 16.2. The fourth-order valence-electron chi connectivity index (χ4n) is 2.38. The lowest BCUT2D eigenvalue weighted by Crippen LogP contribution is -2.46. The van der Waals surface area contributed by atoms with Crippen LogP contribution in [0.25, 0.3) is 0 Å². The molecule has 1 heterocycles. The van der Waals surface area contributed by atoms with E-state index >= 15 is 0 Å². The number of rotatable bonds is 2. The molecule has 0 radical (unpaired) electrons. The van der Waals surface area contributed by atoms with Crippen LogP contribution in [0, 0.1) is 5.92 Å². The van der Waals surface area contributed by atoms with Crippen LogP contribution in [0.4, 0.5) is 0 Å². The molecule has 2 atom stereocenters. The van der Waals surface area contributed by atoms with Crippen molar-refractivity contribution in [3.05, 3.63) is 35.9 Å². The van der Waals surface area contributed by atoms with E-state index in [1.54, 1.807) is 0 Å². The van der Waals surface area contributed by atoms with Gasteiger partial charge in [-0.2, -0.15) is 0 Å². The van der Waals surface area contributed by atoms with Gasteiger partial charge < -0.3 is 10.6 Å². The van der Waals surface area contributed by atoms with Gasteiger partial charge in [-0.1, -0.05) is 30.3 Å². The fourth-order valence-corrected chi connectivity index (χ4v) is 2.38. The van der Waals surface area contributed by atoms with Crippen molar-refractivity contribution in [2.45, 2.75) is 32.2 Å². The summed E-state index contributed by atoms with van der Waals surface area (Å²) >= 11 is 0. The predicted octanol–water partition coefficient (Wildman–Crippen LogP) is 1.43. The molecule has 0 spiro atoms. The summed E-state index contributed by atoms with van der Waals surface area (Å²) in [5.41, 5.74) is 0.691. The Labute approximate surface area is 113 Å². The van der Waals surface area contributed by atoms with E-state index in [-0.39, 0.29) is 23.3 Å². The van der Waals surface area contributed by atoms with Crippen molar-refractivity contribution in [2.75, 3.05) is 6.54 Å². The van der Waals surface area contributed by atoms with Crippen molar-refractivity contribution in [1.29, 1.82) is 0 Å². The van der Waals surface area contributed by atoms with Crippen molar-refractivity contribution < 1.29 is 9.59 Å². The minimum atomic E-state index is -0.637. The standard InChI is InChI=1S/C15H20N2O2/c1-15(2,3)17-14(19)12-11(9-16-13(12)18)10-7-5-4-6-8-10/h4-8,11-12H,9H2,1-3H3,(H,16,18)(H,17,19)/t11-,12-/m1/s1. The van der Waals surface area contributed by atoms with E-state index in [1.807, 2.05) is 51.1 Å². The van der Waals surface area contributed by atoms with E-state index in [0.717, 1.165) is 5.56 Å². The molecule has 102 valence electrons. The minimum Gasteiger partial charge on any atom is -0.355 e. The molecule has 4 heteroatoms. The molecule has 1 aromatic rings. The van der Waals surface area contributed by atoms with Gasteiger partial charge in [0.15, 0.2) is 0 Å². The van der Waals surface area contributed by atoms with Gasteiger partial charge in [0.2, 0.25) is 11.8 Å². The van der Waals surface area contributed by atoms with Crippen LogP contribution in [0.2, 0.25) is 0 Å². The van der Waals surface area contributed by atoms with Gasteiger partial charge in [-0.3, -0.25) is 9.59 Å². The summed E-state index contributed by atoms with van der Waals surface area (Å²) in [6, 6.07) is 9.70. The Hall–Kier alpha value is -1.84. The van der Waals surface area contributed by atoms with E-state index in [2.05, 4.69) is 10.6 Å². The molecule has 0 aromatic heterocycles. The number of benzene rings is 1. The van der Waals surface area contributed by atoms with Gasteiger partial charge in [0.05, 0.1) is 0 Å². The number of carbonyl (C=O) groups excluding carboxylic acids is 2. The van der Waals surface area contributed by atoms with Gasteiger partial charge in [-0.05, 0) is 26.3 Å². The van der Waals surface area contributed by atoms with Crippen LogP contribution in [0.1, 0.15) is 32.3 Å². The Bertz CT molecular complexity index is 477. The lowest BCUT2D eigenvalue weighted by Gasteiger charge is -2.24. The van der Waals surface area contributed by atoms with Crippen molar-refractivity contribution in [2.24, 2.45) is 5.92 Å². The third-order valence-electron chi connectivity index (χ3n) is 3.19. The molecule has 1 saturated heterocycles. The molecule has 0 unspecified atom stereocenters. The first-order chi connectivity index (χ1) is 8.88. The van der Waals surface area contributed by atoms with Gasteiger partial charge in [0.25, 0.3) is 0 Å². The molecule has 4 nitrogen and oxygen atoms in total. The molecule has 2 amide bonds. The Kier molecular flexibility index (Phi) is 3.60. The average Bonchev–Trinajstić information content (AvgIpc) is 2.70. The molecular formula is C15H20N2O2. The van der Waals surface area contributed by atoms with Gasteiger partial charge in [0.1, 0.15) is 5.92 Å². The van der Waals surface area contributed by atoms with Crippen LogP contribution >= 0.6 is 0 Å². The maximum Gasteiger partial charge on any atom is 0.233 e. The maximum atomic E-state index is 12.3. The summed E-state index contributed by atoms with van der Waals surface area (Å²) < 4.78 is 0. The molecule has 19 heavy (non-hydrogen) atoms. The zero-order valence-electron chi connectivity index (χ0n) is 11.6. The quantitative estimate of drug-likeness (QED) is 0.790. The van der Waals surface area contributed by atoms with E-state index in [9.17, 15) is 9.59 Å². The Morgan fingerprint density at radius 3 is 2.47 bits per heavy atom. The highest BCUT2D eigenvalue weighted by Crippen LogP contribution is 2.29. The number of nitrogens with one attached hydrogen (secondary N) is 2. The highest BCUT2D eigenvalue weighted by molar-refractivity contribution is 6.03. The smallest absolute Gasteiger partial charge is 0.233 e. The largest absolute Gasteiger partial charge is 0.355 e. The summed E-state index contributed by atoms with van der Waals surface area (Å²) in [6.45, 7) is 6.25. The van der Waals surface area contributed by atoms with Crippen molar-refractivity contribution in [1.82, 2.24) is 10.6 Å². The summed E-state index contributed by atoms with van der Waals surface area (Å²) in [5, 5.41) is 5.68. The monoisotopic (exact) mass is 260 g/mol. The van der Waals surface area contributed by atoms with Crippen molar-refractivity contribution >= 4 is 11.8 Å². The van der Waals surface area contributed by atoms with E-state index in [1.165, 1.54) is 0 Å². The Morgan fingerprint density at radius 2 is 1.89 bits per heavy atom. The molecule has 2 N–H and O–H groups in total. The van der Waals surface area contributed by atoms with Gasteiger partial charge in [0, 0.05) is 18.0 Å². The lowest BCUT2D eigenvalue weighted by molar-refractivity contribution is -0.134. The lowest BCUT2D eigenvalue weighted by atomic mass is 9.87. The van der Waals surface area contributed by atoms with E-state index in [4.69, 9.17) is 0 Å². The second-order valence-corrected chi connectivity index (χ2v) is 5.98. The molecule has 0 aliphatic carbocycles. The van der Waals surface area contributed by atoms with Gasteiger partial charge in [-0.25, -0.2) is 0 Å². The summed E-state index contributed by atoms with van der Waals surface area (Å²) in [5.74, 6) is -1.11. The van der Waals surface area contributed by atoms with Crippen LogP contribution in [0.15, 0.2) is 30.3 Å². The Morgan fingerprint density at radius 1 is 1.26 bits per heavy atom. The van der Waals surface area contributed by atoms with Crippen LogP contribution < -0.4 is 10.6 Å². The first-order valence-corrected chi connectivity index (χ1v) is 6.53. The normalized spacial score (nSPS) is 23.0. The zero-order chi connectivity index (χ0) is 14.0. The van der Waals surface area contributed by atoms with E-state index < -0.39 is 5.92 Å². The maximum absolute atomic E-state index is 12.3. The van der Waals surface area contributed by atoms with Crippen LogP contribution in [-0.4, -0.2) is 23.9 Å². The summed E-state index contributed by atoms with van der Waals surface area (Å²) in [4.78, 5) is 24.2.